The van der Waals surface area contributed by atoms with Crippen LogP contribution in [0.2, 0.25) is 0 Å². The van der Waals surface area contributed by atoms with E-state index >= 15 is 0 Å². The first-order valence-electron chi connectivity index (χ1n) is 1.86. The Balaban J connectivity index is 4.03. The van der Waals surface area contributed by atoms with Crippen LogP contribution in [0.15, 0.2) is 11.8 Å². The second-order valence-corrected chi connectivity index (χ2v) is 1.31. The monoisotopic (exact) mass is 126 g/mol. The molecule has 1 N–H and O–H groups in total. The Labute approximate surface area is 44.4 Å². The Hall–Kier alpha value is -0.670. The lowest BCUT2D eigenvalue weighted by atomic mass is 10.3. The van der Waals surface area contributed by atoms with Gasteiger partial charge in [0, 0.05) is 0 Å². The first-order valence-corrected chi connectivity index (χ1v) is 1.86. The van der Waals surface area contributed by atoms with E-state index in [0.29, 0.717) is 0 Å². The molecule has 0 spiro atoms. The quantitative estimate of drug-likeness (QED) is 0.492. The minimum atomic E-state index is -4.38. The van der Waals surface area contributed by atoms with Crippen molar-refractivity contribution >= 4 is 0 Å². The van der Waals surface area contributed by atoms with E-state index in [9.17, 15) is 13.2 Å². The summed E-state index contributed by atoms with van der Waals surface area (Å²) in [6.07, 6.45) is -4.34. The van der Waals surface area contributed by atoms with Gasteiger partial charge in [0.15, 0.2) is 0 Å². The Morgan fingerprint density at radius 3 is 1.88 bits per heavy atom. The molecule has 48 valence electrons. The largest absolute Gasteiger partial charge is 0.515 e. The van der Waals surface area contributed by atoms with E-state index in [1.807, 2.05) is 0 Å². The number of aliphatic hydroxyl groups excluding tert-OH is 1. The Morgan fingerprint density at radius 2 is 1.88 bits per heavy atom. The van der Waals surface area contributed by atoms with Crippen molar-refractivity contribution in [2.75, 3.05) is 0 Å². The molecule has 0 atom stereocenters. The van der Waals surface area contributed by atoms with E-state index in [2.05, 4.69) is 0 Å². The van der Waals surface area contributed by atoms with Crippen molar-refractivity contribution in [2.45, 2.75) is 13.1 Å². The minimum absolute atomic E-state index is 0.0417. The molecular weight excluding hydrogens is 121 g/mol. The van der Waals surface area contributed by atoms with E-state index in [4.69, 9.17) is 5.11 Å². The molecule has 0 aliphatic heterocycles. The second-order valence-electron chi connectivity index (χ2n) is 1.31. The van der Waals surface area contributed by atoms with Gasteiger partial charge in [-0.1, -0.05) is 0 Å². The summed E-state index contributed by atoms with van der Waals surface area (Å²) in [5.74, 6) is 0. The van der Waals surface area contributed by atoms with Crippen LogP contribution in [0.1, 0.15) is 6.92 Å². The zero-order valence-electron chi connectivity index (χ0n) is 4.16. The van der Waals surface area contributed by atoms with Gasteiger partial charge in [0.2, 0.25) is 0 Å². The van der Waals surface area contributed by atoms with Crippen LogP contribution in [-0.4, -0.2) is 11.3 Å². The third-order valence-corrected chi connectivity index (χ3v) is 0.641. The maximum atomic E-state index is 11.2. The highest BCUT2D eigenvalue weighted by Crippen LogP contribution is 2.23. The van der Waals surface area contributed by atoms with Crippen molar-refractivity contribution in [3.63, 3.8) is 0 Å². The van der Waals surface area contributed by atoms with Crippen molar-refractivity contribution in [3.05, 3.63) is 11.8 Å². The van der Waals surface area contributed by atoms with Crippen LogP contribution < -0.4 is 0 Å². The highest BCUT2D eigenvalue weighted by molar-refractivity contribution is 4.99. The minimum Gasteiger partial charge on any atom is -0.515 e. The molecule has 0 heterocycles. The maximum absolute atomic E-state index is 11.2. The molecule has 0 saturated heterocycles. The molecule has 0 unspecified atom stereocenters. The summed E-state index contributed by atoms with van der Waals surface area (Å²) in [7, 11) is 0. The molecule has 0 aliphatic carbocycles. The molecule has 0 aliphatic rings. The highest BCUT2D eigenvalue weighted by atomic mass is 19.4. The third kappa shape index (κ3) is 1.86. The molecular formula is C4H5F3O. The summed E-state index contributed by atoms with van der Waals surface area (Å²) < 4.78 is 33.7. The van der Waals surface area contributed by atoms with Crippen LogP contribution in [0, 0.1) is 0 Å². The van der Waals surface area contributed by atoms with Gasteiger partial charge in [-0.3, -0.25) is 0 Å². The van der Waals surface area contributed by atoms with Crippen molar-refractivity contribution < 1.29 is 18.3 Å². The average Bonchev–Trinajstić information content (AvgIpc) is 1.62. The number of allylic oxidation sites excluding steroid dienone is 1. The number of alkyl halides is 3. The van der Waals surface area contributed by atoms with Crippen molar-refractivity contribution in [2.24, 2.45) is 0 Å². The molecule has 0 aromatic heterocycles. The molecule has 0 amide bonds. The zero-order valence-corrected chi connectivity index (χ0v) is 4.16. The first-order chi connectivity index (χ1) is 3.48. The number of hydrogen-bond acceptors (Lipinski definition) is 1. The van der Waals surface area contributed by atoms with E-state index in [-0.39, 0.29) is 6.26 Å². The number of hydrogen-bond donors (Lipinski definition) is 1. The summed E-state index contributed by atoms with van der Waals surface area (Å²) >= 11 is 0. The third-order valence-electron chi connectivity index (χ3n) is 0.641. The predicted octanol–water partition coefficient (Wildman–Crippen LogP) is 2.01. The Bertz CT molecular complexity index is 102. The summed E-state index contributed by atoms with van der Waals surface area (Å²) in [6, 6.07) is 0. The molecule has 0 saturated carbocycles. The fourth-order valence-corrected chi connectivity index (χ4v) is 0.0732. The summed E-state index contributed by atoms with van der Waals surface area (Å²) in [6.45, 7) is 0.792. The van der Waals surface area contributed by atoms with Crippen LogP contribution in [0.25, 0.3) is 0 Å². The number of halogens is 3. The number of aliphatic hydroxyl groups is 1. The molecule has 8 heavy (non-hydrogen) atoms. The van der Waals surface area contributed by atoms with Gasteiger partial charge in [-0.2, -0.15) is 13.2 Å². The van der Waals surface area contributed by atoms with Gasteiger partial charge in [-0.15, -0.1) is 0 Å². The summed E-state index contributed by atoms with van der Waals surface area (Å²) in [5.41, 5.74) is -0.988. The average molecular weight is 126 g/mol. The Morgan fingerprint density at radius 1 is 1.50 bits per heavy atom. The summed E-state index contributed by atoms with van der Waals surface area (Å²) in [5, 5.41) is 7.79. The van der Waals surface area contributed by atoms with E-state index in [0.717, 1.165) is 6.92 Å². The fourth-order valence-electron chi connectivity index (χ4n) is 0.0732. The molecule has 0 radical (unpaired) electrons. The van der Waals surface area contributed by atoms with Gasteiger partial charge in [0.25, 0.3) is 0 Å². The molecule has 0 rings (SSSR count). The smallest absolute Gasteiger partial charge is 0.415 e. The molecule has 4 heteroatoms. The van der Waals surface area contributed by atoms with Crippen LogP contribution in [0.4, 0.5) is 13.2 Å². The first kappa shape index (κ1) is 7.33. The van der Waals surface area contributed by atoms with Gasteiger partial charge < -0.3 is 5.11 Å². The van der Waals surface area contributed by atoms with Crippen LogP contribution in [0.5, 0.6) is 0 Å². The Kier molecular flexibility index (Phi) is 1.89. The normalized spacial score (nSPS) is 14.2. The van der Waals surface area contributed by atoms with E-state index in [1.54, 1.807) is 0 Å². The van der Waals surface area contributed by atoms with Gasteiger partial charge >= 0.3 is 6.18 Å². The fraction of sp³-hybridized carbons (Fsp3) is 0.500. The van der Waals surface area contributed by atoms with Crippen LogP contribution >= 0.6 is 0 Å². The van der Waals surface area contributed by atoms with Gasteiger partial charge in [0.05, 0.1) is 11.8 Å². The van der Waals surface area contributed by atoms with Crippen molar-refractivity contribution in [1.82, 2.24) is 0 Å². The lowest BCUT2D eigenvalue weighted by molar-refractivity contribution is -0.0928. The standard InChI is InChI=1S/C4H5F3O/c1-3(2-8)4(5,6)7/h2,8H,1H3. The van der Waals surface area contributed by atoms with Gasteiger partial charge in [-0.25, -0.2) is 0 Å². The molecule has 0 aromatic rings. The maximum Gasteiger partial charge on any atom is 0.415 e. The predicted molar refractivity (Wildman–Crippen MR) is 22.4 cm³/mol. The van der Waals surface area contributed by atoms with E-state index in [1.165, 1.54) is 0 Å². The van der Waals surface area contributed by atoms with Crippen molar-refractivity contribution in [3.8, 4) is 0 Å². The molecule has 0 bridgehead atoms. The second kappa shape index (κ2) is 2.07. The SMILES string of the molecule is CC(=CO)C(F)(F)F. The highest BCUT2D eigenvalue weighted by Gasteiger charge is 2.29. The van der Waals surface area contributed by atoms with Crippen LogP contribution in [0.3, 0.4) is 0 Å². The van der Waals surface area contributed by atoms with E-state index < -0.39 is 11.7 Å². The molecule has 1 nitrogen and oxygen atoms in total. The molecule has 0 fully saturated rings. The summed E-state index contributed by atoms with van der Waals surface area (Å²) in [4.78, 5) is 0. The van der Waals surface area contributed by atoms with Gasteiger partial charge in [-0.05, 0) is 6.92 Å². The topological polar surface area (TPSA) is 20.2 Å². The lowest BCUT2D eigenvalue weighted by Gasteiger charge is -2.02. The van der Waals surface area contributed by atoms with Crippen molar-refractivity contribution in [1.29, 1.82) is 0 Å². The lowest BCUT2D eigenvalue weighted by Crippen LogP contribution is -2.08. The van der Waals surface area contributed by atoms with Gasteiger partial charge in [0.1, 0.15) is 0 Å². The zero-order chi connectivity index (χ0) is 6.78. The molecule has 0 aromatic carbocycles. The van der Waals surface area contributed by atoms with Crippen LogP contribution in [-0.2, 0) is 0 Å². The number of rotatable bonds is 0.